The van der Waals surface area contributed by atoms with Gasteiger partial charge in [0.1, 0.15) is 6.54 Å². The van der Waals surface area contributed by atoms with Crippen molar-refractivity contribution in [3.8, 4) is 0 Å². The van der Waals surface area contributed by atoms with Crippen LogP contribution in [0.5, 0.6) is 0 Å². The first-order chi connectivity index (χ1) is 11.3. The number of anilines is 1. The molecule has 0 spiro atoms. The van der Waals surface area contributed by atoms with Gasteiger partial charge in [-0.2, -0.15) is 18.3 Å². The lowest BCUT2D eigenvalue weighted by Crippen LogP contribution is -2.44. The first-order valence-corrected chi connectivity index (χ1v) is 7.59. The van der Waals surface area contributed by atoms with E-state index >= 15 is 0 Å². The number of hydrogen-bond donors (Lipinski definition) is 0. The third-order valence-corrected chi connectivity index (χ3v) is 4.07. The maximum Gasteiger partial charge on any atom is 0.408 e. The number of aromatic nitrogens is 2. The minimum atomic E-state index is -4.38. The SMILES string of the molecule is O=C([C@H]1CC(=O)N(c2cnn(CC(F)(F)F)c2)C1)N1CCOCC1. The highest BCUT2D eigenvalue weighted by atomic mass is 19.4. The minimum Gasteiger partial charge on any atom is -0.378 e. The van der Waals surface area contributed by atoms with E-state index in [1.807, 2.05) is 0 Å². The Bertz CT molecular complexity index is 625. The van der Waals surface area contributed by atoms with Crippen LogP contribution in [0.25, 0.3) is 0 Å². The van der Waals surface area contributed by atoms with Crippen molar-refractivity contribution >= 4 is 17.5 Å². The molecule has 2 fully saturated rings. The molecular weight excluding hydrogens is 329 g/mol. The minimum absolute atomic E-state index is 0.0562. The van der Waals surface area contributed by atoms with Crippen LogP contribution in [-0.2, 0) is 20.9 Å². The van der Waals surface area contributed by atoms with Crippen LogP contribution in [0.1, 0.15) is 6.42 Å². The van der Waals surface area contributed by atoms with Crippen molar-refractivity contribution in [2.45, 2.75) is 19.1 Å². The molecule has 1 atom stereocenters. The van der Waals surface area contributed by atoms with Crippen molar-refractivity contribution in [2.24, 2.45) is 5.92 Å². The quantitative estimate of drug-likeness (QED) is 0.806. The predicted octanol–water partition coefficient (Wildman–Crippen LogP) is 0.657. The van der Waals surface area contributed by atoms with Gasteiger partial charge in [-0.25, -0.2) is 0 Å². The van der Waals surface area contributed by atoms with Gasteiger partial charge in [-0.1, -0.05) is 0 Å². The van der Waals surface area contributed by atoms with Crippen LogP contribution in [0, 0.1) is 5.92 Å². The average molecular weight is 346 g/mol. The van der Waals surface area contributed by atoms with E-state index in [9.17, 15) is 22.8 Å². The van der Waals surface area contributed by atoms with E-state index in [1.165, 1.54) is 17.3 Å². The molecule has 2 aliphatic heterocycles. The maximum atomic E-state index is 12.4. The number of nitrogens with zero attached hydrogens (tertiary/aromatic N) is 4. The topological polar surface area (TPSA) is 67.7 Å². The summed E-state index contributed by atoms with van der Waals surface area (Å²) in [6.45, 7) is 0.874. The molecule has 1 aromatic rings. The lowest BCUT2D eigenvalue weighted by atomic mass is 10.1. The highest BCUT2D eigenvalue weighted by molar-refractivity contribution is 6.00. The molecule has 0 aromatic carbocycles. The summed E-state index contributed by atoms with van der Waals surface area (Å²) in [6, 6.07) is 0. The van der Waals surface area contributed by atoms with Crippen molar-refractivity contribution in [2.75, 3.05) is 37.7 Å². The normalized spacial score (nSPS) is 22.3. The molecule has 0 unspecified atom stereocenters. The van der Waals surface area contributed by atoms with Gasteiger partial charge in [0.25, 0.3) is 0 Å². The number of morpholine rings is 1. The number of carbonyl (C=O) groups excluding carboxylic acids is 2. The average Bonchev–Trinajstić information content (AvgIpc) is 3.12. The second-order valence-corrected chi connectivity index (χ2v) is 5.85. The van der Waals surface area contributed by atoms with Gasteiger partial charge in [0.15, 0.2) is 0 Å². The van der Waals surface area contributed by atoms with Crippen molar-refractivity contribution in [1.29, 1.82) is 0 Å². The van der Waals surface area contributed by atoms with Gasteiger partial charge in [-0.3, -0.25) is 14.3 Å². The third kappa shape index (κ3) is 3.69. The van der Waals surface area contributed by atoms with Crippen molar-refractivity contribution in [3.63, 3.8) is 0 Å². The van der Waals surface area contributed by atoms with Crippen LogP contribution in [0.3, 0.4) is 0 Å². The van der Waals surface area contributed by atoms with E-state index in [0.29, 0.717) is 26.3 Å². The fraction of sp³-hybridized carbons (Fsp3) is 0.643. The molecule has 3 heterocycles. The number of rotatable bonds is 3. The summed E-state index contributed by atoms with van der Waals surface area (Å²) in [5, 5.41) is 3.63. The van der Waals surface area contributed by atoms with Crippen molar-refractivity contribution in [1.82, 2.24) is 14.7 Å². The zero-order valence-corrected chi connectivity index (χ0v) is 12.8. The smallest absolute Gasteiger partial charge is 0.378 e. The molecule has 10 heteroatoms. The van der Waals surface area contributed by atoms with Crippen LogP contribution < -0.4 is 4.90 Å². The number of hydrogen-bond acceptors (Lipinski definition) is 4. The molecule has 2 aliphatic rings. The van der Waals surface area contributed by atoms with Gasteiger partial charge in [-0.15, -0.1) is 0 Å². The van der Waals surface area contributed by atoms with E-state index in [0.717, 1.165) is 4.68 Å². The first-order valence-electron chi connectivity index (χ1n) is 7.59. The second-order valence-electron chi connectivity index (χ2n) is 5.85. The molecule has 1 aromatic heterocycles. The van der Waals surface area contributed by atoms with Crippen molar-refractivity contribution in [3.05, 3.63) is 12.4 Å². The van der Waals surface area contributed by atoms with Crippen LogP contribution >= 0.6 is 0 Å². The van der Waals surface area contributed by atoms with Gasteiger partial charge in [-0.05, 0) is 0 Å². The van der Waals surface area contributed by atoms with Gasteiger partial charge in [0.05, 0.1) is 31.0 Å². The summed E-state index contributed by atoms with van der Waals surface area (Å²) in [4.78, 5) is 27.6. The standard InChI is InChI=1S/C14H17F3N4O3/c15-14(16,17)9-20-8-11(6-18-20)21-7-10(5-12(21)22)13(23)19-1-3-24-4-2-19/h6,8,10H,1-5,7,9H2/t10-/m0/s1. The number of halogens is 3. The van der Waals surface area contributed by atoms with E-state index in [4.69, 9.17) is 4.74 Å². The van der Waals surface area contributed by atoms with E-state index in [1.54, 1.807) is 4.90 Å². The Morgan fingerprint density at radius 1 is 1.33 bits per heavy atom. The highest BCUT2D eigenvalue weighted by Gasteiger charge is 2.38. The summed E-state index contributed by atoms with van der Waals surface area (Å²) in [7, 11) is 0. The zero-order valence-electron chi connectivity index (χ0n) is 12.8. The predicted molar refractivity (Wildman–Crippen MR) is 76.1 cm³/mol. The zero-order chi connectivity index (χ0) is 17.3. The van der Waals surface area contributed by atoms with Gasteiger partial charge < -0.3 is 14.5 Å². The summed E-state index contributed by atoms with van der Waals surface area (Å²) in [6.07, 6.45) is -1.94. The number of carbonyl (C=O) groups is 2. The molecule has 2 saturated heterocycles. The highest BCUT2D eigenvalue weighted by Crippen LogP contribution is 2.27. The van der Waals surface area contributed by atoms with Crippen LogP contribution in [0.15, 0.2) is 12.4 Å². The Labute approximate surface area is 135 Å². The summed E-state index contributed by atoms with van der Waals surface area (Å²) in [5.41, 5.74) is 0.279. The molecular formula is C14H17F3N4O3. The molecule has 2 amide bonds. The van der Waals surface area contributed by atoms with Crippen molar-refractivity contribution < 1.29 is 27.5 Å². The van der Waals surface area contributed by atoms with E-state index in [2.05, 4.69) is 5.10 Å². The number of alkyl halides is 3. The molecule has 7 nitrogen and oxygen atoms in total. The number of ether oxygens (including phenoxy) is 1. The fourth-order valence-corrected chi connectivity index (χ4v) is 2.93. The molecule has 0 N–H and O–H groups in total. The molecule has 0 radical (unpaired) electrons. The lowest BCUT2D eigenvalue weighted by molar-refractivity contribution is -0.142. The van der Waals surface area contributed by atoms with Crippen LogP contribution in [-0.4, -0.2) is 65.5 Å². The molecule has 132 valence electrons. The Morgan fingerprint density at radius 3 is 2.71 bits per heavy atom. The monoisotopic (exact) mass is 346 g/mol. The largest absolute Gasteiger partial charge is 0.408 e. The maximum absolute atomic E-state index is 12.4. The second kappa shape index (κ2) is 6.42. The molecule has 24 heavy (non-hydrogen) atoms. The van der Waals surface area contributed by atoms with Gasteiger partial charge in [0.2, 0.25) is 11.8 Å². The summed E-state index contributed by atoms with van der Waals surface area (Å²) < 4.78 is 43.1. The Morgan fingerprint density at radius 2 is 2.04 bits per heavy atom. The van der Waals surface area contributed by atoms with Gasteiger partial charge >= 0.3 is 6.18 Å². The van der Waals surface area contributed by atoms with Gasteiger partial charge in [0, 0.05) is 32.3 Å². The summed E-state index contributed by atoms with van der Waals surface area (Å²) >= 11 is 0. The third-order valence-electron chi connectivity index (χ3n) is 4.07. The van der Waals surface area contributed by atoms with Crippen LogP contribution in [0.4, 0.5) is 18.9 Å². The summed E-state index contributed by atoms with van der Waals surface area (Å²) in [5.74, 6) is -0.883. The lowest BCUT2D eigenvalue weighted by Gasteiger charge is -2.28. The Balaban J connectivity index is 1.65. The molecule has 0 saturated carbocycles. The molecule has 0 aliphatic carbocycles. The van der Waals surface area contributed by atoms with E-state index < -0.39 is 18.6 Å². The molecule has 3 rings (SSSR count). The van der Waals surface area contributed by atoms with Crippen LogP contribution in [0.2, 0.25) is 0 Å². The first kappa shape index (κ1) is 16.7. The number of amides is 2. The van der Waals surface area contributed by atoms with E-state index in [-0.39, 0.29) is 30.5 Å². The molecule has 0 bridgehead atoms. The Hall–Kier alpha value is -2.10. The Kier molecular flexibility index (Phi) is 4.48. The fourth-order valence-electron chi connectivity index (χ4n) is 2.93.